The molecule has 3 aliphatic heterocycles. The van der Waals surface area contributed by atoms with Crippen molar-refractivity contribution in [2.75, 3.05) is 16.9 Å². The number of fused-ring (bicyclic) bond motifs is 4. The van der Waals surface area contributed by atoms with Crippen LogP contribution in [0.15, 0.2) is 72.8 Å². The molecule has 3 heterocycles. The molecule has 6 rings (SSSR count). The highest BCUT2D eigenvalue weighted by Crippen LogP contribution is 2.61. The Morgan fingerprint density at radius 2 is 1.86 bits per heavy atom. The quantitative estimate of drug-likeness (QED) is 0.328. The highest BCUT2D eigenvalue weighted by molar-refractivity contribution is 7.99. The maximum absolute atomic E-state index is 14.5. The van der Waals surface area contributed by atoms with Gasteiger partial charge in [-0.2, -0.15) is 0 Å². The Kier molecular flexibility index (Phi) is 5.01. The van der Waals surface area contributed by atoms with Gasteiger partial charge in [-0.15, -0.1) is 11.8 Å². The van der Waals surface area contributed by atoms with Crippen molar-refractivity contribution in [3.63, 3.8) is 0 Å². The first-order valence-corrected chi connectivity index (χ1v) is 12.4. The summed E-state index contributed by atoms with van der Waals surface area (Å²) in [5.41, 5.74) is 0.754. The number of anilines is 1. The standard InChI is InChI=1S/C26H20FN3O4S/c27-17-8-11-20-19(12-17)26(25(32)28-20)23(24(31)16-4-2-1-3-5-16)22(21-13-35-14-29(21)26)15-6-9-18(10-7-15)30(33)34/h1-12,21-23H,13-14H2,(H,28,32)/t21-,22+,23-,26-/m1/s1. The van der Waals surface area contributed by atoms with Crippen molar-refractivity contribution < 1.29 is 18.9 Å². The fraction of sp³-hybridized carbons (Fsp3) is 0.231. The highest BCUT2D eigenvalue weighted by atomic mass is 32.2. The van der Waals surface area contributed by atoms with Gasteiger partial charge in [-0.25, -0.2) is 4.39 Å². The van der Waals surface area contributed by atoms with Crippen molar-refractivity contribution in [1.82, 2.24) is 4.90 Å². The summed E-state index contributed by atoms with van der Waals surface area (Å²) < 4.78 is 14.5. The second kappa shape index (κ2) is 8.00. The van der Waals surface area contributed by atoms with Crippen LogP contribution in [0, 0.1) is 21.8 Å². The van der Waals surface area contributed by atoms with Crippen LogP contribution in [0.5, 0.6) is 0 Å². The fourth-order valence-electron chi connectivity index (χ4n) is 6.02. The van der Waals surface area contributed by atoms with E-state index in [1.807, 2.05) is 11.0 Å². The van der Waals surface area contributed by atoms with Gasteiger partial charge in [-0.3, -0.25) is 24.6 Å². The van der Waals surface area contributed by atoms with Gasteiger partial charge < -0.3 is 5.32 Å². The van der Waals surface area contributed by atoms with Gasteiger partial charge in [-0.05, 0) is 23.8 Å². The zero-order valence-corrected chi connectivity index (χ0v) is 19.2. The monoisotopic (exact) mass is 489 g/mol. The lowest BCUT2D eigenvalue weighted by Crippen LogP contribution is -2.52. The van der Waals surface area contributed by atoms with E-state index in [4.69, 9.17) is 0 Å². The van der Waals surface area contributed by atoms with Crippen LogP contribution in [-0.4, -0.2) is 39.2 Å². The summed E-state index contributed by atoms with van der Waals surface area (Å²) in [6, 6.07) is 19.0. The van der Waals surface area contributed by atoms with Gasteiger partial charge in [0.1, 0.15) is 11.4 Å². The molecule has 3 aliphatic rings. The number of thioether (sulfide) groups is 1. The number of nitro benzene ring substituents is 1. The van der Waals surface area contributed by atoms with Crippen molar-refractivity contribution >= 4 is 34.8 Å². The minimum absolute atomic E-state index is 0.0453. The van der Waals surface area contributed by atoms with E-state index in [-0.39, 0.29) is 23.4 Å². The lowest BCUT2D eigenvalue weighted by Gasteiger charge is -2.36. The second-order valence-electron chi connectivity index (χ2n) is 9.03. The van der Waals surface area contributed by atoms with Crippen molar-refractivity contribution in [2.24, 2.45) is 5.92 Å². The molecule has 35 heavy (non-hydrogen) atoms. The Hall–Kier alpha value is -3.56. The summed E-state index contributed by atoms with van der Waals surface area (Å²) in [4.78, 5) is 40.9. The molecule has 1 spiro atoms. The summed E-state index contributed by atoms with van der Waals surface area (Å²) in [7, 11) is 0. The highest BCUT2D eigenvalue weighted by Gasteiger charge is 2.69. The predicted molar refractivity (Wildman–Crippen MR) is 130 cm³/mol. The molecule has 0 aliphatic carbocycles. The molecule has 0 radical (unpaired) electrons. The topological polar surface area (TPSA) is 92.5 Å². The third-order valence-corrected chi connectivity index (χ3v) is 8.45. The second-order valence-corrected chi connectivity index (χ2v) is 10.0. The summed E-state index contributed by atoms with van der Waals surface area (Å²) in [5, 5.41) is 14.1. The molecular weight excluding hydrogens is 469 g/mol. The first kappa shape index (κ1) is 21.9. The molecular formula is C26H20FN3O4S. The number of hydrogen-bond donors (Lipinski definition) is 1. The molecule has 0 aromatic heterocycles. The molecule has 2 saturated heterocycles. The van der Waals surface area contributed by atoms with Crippen molar-refractivity contribution in [3.8, 4) is 0 Å². The Morgan fingerprint density at radius 1 is 1.11 bits per heavy atom. The lowest BCUT2D eigenvalue weighted by molar-refractivity contribution is -0.384. The van der Waals surface area contributed by atoms with Crippen molar-refractivity contribution in [3.05, 3.63) is 105 Å². The Morgan fingerprint density at radius 3 is 2.57 bits per heavy atom. The number of benzene rings is 3. The molecule has 3 aromatic rings. The van der Waals surface area contributed by atoms with Gasteiger partial charge >= 0.3 is 0 Å². The number of carbonyl (C=O) groups is 2. The van der Waals surface area contributed by atoms with Gasteiger partial charge in [0.25, 0.3) is 5.69 Å². The van der Waals surface area contributed by atoms with Crippen LogP contribution in [0.2, 0.25) is 0 Å². The molecule has 2 fully saturated rings. The Labute approximate surface area is 204 Å². The molecule has 1 amide bonds. The molecule has 176 valence electrons. The van der Waals surface area contributed by atoms with Crippen molar-refractivity contribution in [2.45, 2.75) is 17.5 Å². The van der Waals surface area contributed by atoms with Crippen molar-refractivity contribution in [1.29, 1.82) is 0 Å². The summed E-state index contributed by atoms with van der Waals surface area (Å²) in [6.45, 7) is 0. The van der Waals surface area contributed by atoms with Crippen LogP contribution in [0.3, 0.4) is 0 Å². The predicted octanol–water partition coefficient (Wildman–Crippen LogP) is 4.55. The van der Waals surface area contributed by atoms with Crippen LogP contribution >= 0.6 is 11.8 Å². The molecule has 9 heteroatoms. The van der Waals surface area contributed by atoms with Crippen LogP contribution in [0.4, 0.5) is 15.8 Å². The normalized spacial score (nSPS) is 27.0. The zero-order valence-electron chi connectivity index (χ0n) is 18.4. The van der Waals surface area contributed by atoms with Crippen LogP contribution in [0.25, 0.3) is 0 Å². The van der Waals surface area contributed by atoms with Gasteiger partial charge in [0.2, 0.25) is 5.91 Å². The van der Waals surface area contributed by atoms with E-state index in [2.05, 4.69) is 5.32 Å². The summed E-state index contributed by atoms with van der Waals surface area (Å²) in [6.07, 6.45) is 0. The third kappa shape index (κ3) is 3.08. The minimum atomic E-state index is -1.38. The number of non-ortho nitro benzene ring substituents is 1. The number of carbonyl (C=O) groups excluding carboxylic acids is 2. The number of hydrogen-bond acceptors (Lipinski definition) is 6. The number of ketones is 1. The number of nitrogens with zero attached hydrogens (tertiary/aromatic N) is 2. The maximum Gasteiger partial charge on any atom is 0.269 e. The van der Waals surface area contributed by atoms with Crippen LogP contribution < -0.4 is 5.32 Å². The number of amides is 1. The SMILES string of the molecule is O=C(c1ccccc1)[C@H]1[C@@H](c2ccc([N+](=O)[O-])cc2)[C@H]2CSCN2[C@@]12C(=O)Nc1ccc(F)cc12. The van der Waals surface area contributed by atoms with E-state index >= 15 is 0 Å². The molecule has 4 atom stereocenters. The van der Waals surface area contributed by atoms with E-state index in [1.54, 1.807) is 54.2 Å². The van der Waals surface area contributed by atoms with E-state index in [0.717, 1.165) is 5.56 Å². The maximum atomic E-state index is 14.5. The van der Waals surface area contributed by atoms with E-state index in [1.165, 1.54) is 24.3 Å². The average Bonchev–Trinajstić information content (AvgIpc) is 3.53. The summed E-state index contributed by atoms with van der Waals surface area (Å²) in [5.74, 6) is -1.10. The Bertz CT molecular complexity index is 1370. The zero-order chi connectivity index (χ0) is 24.3. The van der Waals surface area contributed by atoms with E-state index in [9.17, 15) is 24.1 Å². The molecule has 7 nitrogen and oxygen atoms in total. The molecule has 3 aromatic carbocycles. The number of Topliss-reactive ketones (excluding diaryl/α,β-unsaturated/α-hetero) is 1. The number of rotatable bonds is 4. The number of halogens is 1. The third-order valence-electron chi connectivity index (χ3n) is 7.41. The smallest absolute Gasteiger partial charge is 0.269 e. The molecule has 0 saturated carbocycles. The van der Waals surface area contributed by atoms with E-state index in [0.29, 0.717) is 28.4 Å². The van der Waals surface area contributed by atoms with Crippen LogP contribution in [-0.2, 0) is 10.3 Å². The molecule has 0 bridgehead atoms. The number of nitro groups is 1. The van der Waals surface area contributed by atoms with E-state index < -0.39 is 28.1 Å². The Balaban J connectivity index is 1.60. The largest absolute Gasteiger partial charge is 0.324 e. The lowest BCUT2D eigenvalue weighted by atomic mass is 9.69. The van der Waals surface area contributed by atoms with Gasteiger partial charge in [-0.1, -0.05) is 42.5 Å². The first-order valence-electron chi connectivity index (χ1n) is 11.2. The molecule has 0 unspecified atom stereocenters. The minimum Gasteiger partial charge on any atom is -0.324 e. The average molecular weight is 490 g/mol. The number of nitrogens with one attached hydrogen (secondary N) is 1. The molecule has 1 N–H and O–H groups in total. The first-order chi connectivity index (χ1) is 16.9. The van der Waals surface area contributed by atoms with Crippen LogP contribution in [0.1, 0.15) is 27.4 Å². The fourth-order valence-corrected chi connectivity index (χ4v) is 7.35. The van der Waals surface area contributed by atoms with Gasteiger partial charge in [0, 0.05) is 52.5 Å². The van der Waals surface area contributed by atoms with Gasteiger partial charge in [0.05, 0.1) is 10.8 Å². The summed E-state index contributed by atoms with van der Waals surface area (Å²) >= 11 is 1.66. The van der Waals surface area contributed by atoms with Gasteiger partial charge in [0.15, 0.2) is 5.78 Å².